The van der Waals surface area contributed by atoms with Crippen LogP contribution in [0.15, 0.2) is 82.6 Å². The van der Waals surface area contributed by atoms with Gasteiger partial charge >= 0.3 is 0 Å². The van der Waals surface area contributed by atoms with Crippen LogP contribution in [0.1, 0.15) is 36.0 Å². The lowest BCUT2D eigenvalue weighted by atomic mass is 9.94. The van der Waals surface area contributed by atoms with Crippen LogP contribution in [-0.2, 0) is 0 Å². The number of fused-ring (bicyclic) bond motifs is 2. The van der Waals surface area contributed by atoms with E-state index in [4.69, 9.17) is 0 Å². The van der Waals surface area contributed by atoms with Gasteiger partial charge in [0.1, 0.15) is 5.82 Å². The molecule has 1 atom stereocenters. The lowest BCUT2D eigenvalue weighted by molar-refractivity contribution is 0.0745. The van der Waals surface area contributed by atoms with E-state index in [2.05, 4.69) is 58.3 Å². The molecule has 32 heavy (non-hydrogen) atoms. The van der Waals surface area contributed by atoms with Gasteiger partial charge in [0.25, 0.3) is 0 Å². The molecule has 0 N–H and O–H groups in total. The third-order valence-corrected chi connectivity index (χ3v) is 7.51. The van der Waals surface area contributed by atoms with Crippen molar-refractivity contribution in [2.24, 2.45) is 0 Å². The van der Waals surface area contributed by atoms with Crippen LogP contribution in [0.5, 0.6) is 0 Å². The molecule has 3 aromatic carbocycles. The highest BCUT2D eigenvalue weighted by Crippen LogP contribution is 2.47. The number of likely N-dealkylation sites (tertiary alicyclic amines) is 1. The molecule has 0 radical (unpaired) electrons. The van der Waals surface area contributed by atoms with E-state index in [-0.39, 0.29) is 17.6 Å². The Kier molecular flexibility index (Phi) is 6.28. The Morgan fingerprint density at radius 3 is 2.34 bits per heavy atom. The Morgan fingerprint density at radius 1 is 0.906 bits per heavy atom. The fourth-order valence-electron chi connectivity index (χ4n) is 4.84. The SMILES string of the molecule is O=C(c1cccc(F)c1)C1CCCCN1CCCN1c2ccccc2Sc2ccccc21. The maximum atomic E-state index is 13.7. The predicted octanol–water partition coefficient (Wildman–Crippen LogP) is 6.56. The van der Waals surface area contributed by atoms with Gasteiger partial charge in [-0.1, -0.05) is 54.6 Å². The molecule has 3 aromatic rings. The summed E-state index contributed by atoms with van der Waals surface area (Å²) in [6.07, 6.45) is 3.97. The smallest absolute Gasteiger partial charge is 0.180 e. The van der Waals surface area contributed by atoms with E-state index in [0.717, 1.165) is 45.3 Å². The van der Waals surface area contributed by atoms with Crippen molar-refractivity contribution in [3.63, 3.8) is 0 Å². The highest BCUT2D eigenvalue weighted by atomic mass is 32.2. The molecule has 2 aliphatic rings. The van der Waals surface area contributed by atoms with Crippen LogP contribution in [-0.4, -0.2) is 36.4 Å². The van der Waals surface area contributed by atoms with Crippen LogP contribution in [0.25, 0.3) is 0 Å². The van der Waals surface area contributed by atoms with Crippen LogP contribution in [0.3, 0.4) is 0 Å². The third kappa shape index (κ3) is 4.32. The largest absolute Gasteiger partial charge is 0.340 e. The lowest BCUT2D eigenvalue weighted by Crippen LogP contribution is -2.45. The Morgan fingerprint density at radius 2 is 1.62 bits per heavy atom. The number of hydrogen-bond acceptors (Lipinski definition) is 4. The fourth-order valence-corrected chi connectivity index (χ4v) is 5.94. The van der Waals surface area contributed by atoms with E-state index in [1.165, 1.54) is 33.3 Å². The normalized spacial score (nSPS) is 18.2. The first-order valence-electron chi connectivity index (χ1n) is 11.4. The number of piperidine rings is 1. The molecule has 5 rings (SSSR count). The van der Waals surface area contributed by atoms with Crippen molar-refractivity contribution in [2.75, 3.05) is 24.5 Å². The van der Waals surface area contributed by atoms with E-state index in [1.807, 2.05) is 11.8 Å². The van der Waals surface area contributed by atoms with E-state index in [9.17, 15) is 9.18 Å². The first-order chi connectivity index (χ1) is 15.7. The first-order valence-corrected chi connectivity index (χ1v) is 12.2. The van der Waals surface area contributed by atoms with Crippen LogP contribution >= 0.6 is 11.8 Å². The summed E-state index contributed by atoms with van der Waals surface area (Å²) in [5.41, 5.74) is 2.99. The Labute approximate surface area is 193 Å². The highest BCUT2D eigenvalue weighted by Gasteiger charge is 2.30. The number of hydrogen-bond donors (Lipinski definition) is 0. The molecule has 1 unspecified atom stereocenters. The number of para-hydroxylation sites is 2. The summed E-state index contributed by atoms with van der Waals surface area (Å²) < 4.78 is 13.7. The summed E-state index contributed by atoms with van der Waals surface area (Å²) in [6, 6.07) is 23.1. The number of nitrogens with zero attached hydrogens (tertiary/aromatic N) is 2. The Hall–Kier alpha value is -2.63. The lowest BCUT2D eigenvalue weighted by Gasteiger charge is -2.36. The van der Waals surface area contributed by atoms with Crippen molar-refractivity contribution in [3.8, 4) is 0 Å². The molecular weight excluding hydrogens is 419 g/mol. The van der Waals surface area contributed by atoms with Gasteiger partial charge in [-0.05, 0) is 62.2 Å². The average molecular weight is 447 g/mol. The van der Waals surface area contributed by atoms with Gasteiger partial charge in [0, 0.05) is 28.4 Å². The second-order valence-electron chi connectivity index (χ2n) is 8.46. The minimum absolute atomic E-state index is 0.0502. The van der Waals surface area contributed by atoms with Crippen molar-refractivity contribution in [2.45, 2.75) is 41.5 Å². The molecule has 0 aromatic heterocycles. The molecule has 0 spiro atoms. The van der Waals surface area contributed by atoms with E-state index < -0.39 is 0 Å². The first kappa shape index (κ1) is 21.2. The van der Waals surface area contributed by atoms with Crippen LogP contribution in [0.2, 0.25) is 0 Å². The van der Waals surface area contributed by atoms with Gasteiger partial charge in [0.15, 0.2) is 5.78 Å². The summed E-state index contributed by atoms with van der Waals surface area (Å²) in [7, 11) is 0. The molecule has 0 amide bonds. The molecule has 2 heterocycles. The summed E-state index contributed by atoms with van der Waals surface area (Å²) in [4.78, 5) is 20.4. The van der Waals surface area contributed by atoms with Crippen molar-refractivity contribution in [1.82, 2.24) is 4.90 Å². The number of halogens is 1. The van der Waals surface area contributed by atoms with E-state index in [0.29, 0.717) is 5.56 Å². The average Bonchev–Trinajstić information content (AvgIpc) is 2.83. The number of carbonyl (C=O) groups is 1. The monoisotopic (exact) mass is 446 g/mol. The number of Topliss-reactive ketones (excluding diaryl/α,β-unsaturated/α-hetero) is 1. The minimum atomic E-state index is -0.349. The molecule has 5 heteroatoms. The summed E-state index contributed by atoms with van der Waals surface area (Å²) in [6.45, 7) is 2.68. The zero-order valence-corrected chi connectivity index (χ0v) is 18.9. The predicted molar refractivity (Wildman–Crippen MR) is 129 cm³/mol. The quantitative estimate of drug-likeness (QED) is 0.400. The standard InChI is InChI=1S/C27H27FN2OS/c28-21-10-7-9-20(19-21)27(31)24-13-5-6-16-29(24)17-8-18-30-22-11-1-3-14-25(22)32-26-15-4-2-12-23(26)30/h1-4,7,9-12,14-15,19,24H,5-6,8,13,16-18H2. The fraction of sp³-hybridized carbons (Fsp3) is 0.296. The van der Waals surface area contributed by atoms with Gasteiger partial charge in [-0.2, -0.15) is 0 Å². The second kappa shape index (κ2) is 9.47. The molecule has 1 fully saturated rings. The van der Waals surface area contributed by atoms with Crippen molar-refractivity contribution in [3.05, 3.63) is 84.2 Å². The Bertz CT molecular complexity index is 1070. The molecule has 0 bridgehead atoms. The van der Waals surface area contributed by atoms with Gasteiger partial charge < -0.3 is 4.90 Å². The van der Waals surface area contributed by atoms with Gasteiger partial charge in [-0.25, -0.2) is 4.39 Å². The minimum Gasteiger partial charge on any atom is -0.340 e. The number of carbonyl (C=O) groups excluding carboxylic acids is 1. The number of ketones is 1. The maximum Gasteiger partial charge on any atom is 0.180 e. The number of rotatable bonds is 6. The molecule has 164 valence electrons. The maximum absolute atomic E-state index is 13.7. The van der Waals surface area contributed by atoms with E-state index in [1.54, 1.807) is 12.1 Å². The molecule has 2 aliphatic heterocycles. The molecular formula is C27H27FN2OS. The number of anilines is 2. The van der Waals surface area contributed by atoms with Gasteiger partial charge in [-0.3, -0.25) is 9.69 Å². The zero-order chi connectivity index (χ0) is 21.9. The molecule has 0 saturated carbocycles. The topological polar surface area (TPSA) is 23.6 Å². The molecule has 1 saturated heterocycles. The summed E-state index contributed by atoms with van der Waals surface area (Å²) in [5.74, 6) is -0.298. The zero-order valence-electron chi connectivity index (χ0n) is 18.0. The Balaban J connectivity index is 1.30. The van der Waals surface area contributed by atoms with Crippen molar-refractivity contribution < 1.29 is 9.18 Å². The van der Waals surface area contributed by atoms with Gasteiger partial charge in [-0.15, -0.1) is 0 Å². The van der Waals surface area contributed by atoms with Crippen LogP contribution < -0.4 is 4.90 Å². The van der Waals surface area contributed by atoms with Crippen LogP contribution in [0, 0.1) is 5.82 Å². The third-order valence-electron chi connectivity index (χ3n) is 6.38. The second-order valence-corrected chi connectivity index (χ2v) is 9.55. The van der Waals surface area contributed by atoms with Gasteiger partial charge in [0.2, 0.25) is 0 Å². The van der Waals surface area contributed by atoms with Crippen LogP contribution in [0.4, 0.5) is 15.8 Å². The van der Waals surface area contributed by atoms with Crippen molar-refractivity contribution in [1.29, 1.82) is 0 Å². The van der Waals surface area contributed by atoms with E-state index >= 15 is 0 Å². The highest BCUT2D eigenvalue weighted by molar-refractivity contribution is 7.99. The molecule has 3 nitrogen and oxygen atoms in total. The van der Waals surface area contributed by atoms with Gasteiger partial charge in [0.05, 0.1) is 17.4 Å². The van der Waals surface area contributed by atoms with Crippen molar-refractivity contribution >= 4 is 28.9 Å². The summed E-state index contributed by atoms with van der Waals surface area (Å²) >= 11 is 1.82. The summed E-state index contributed by atoms with van der Waals surface area (Å²) in [5, 5.41) is 0. The number of benzene rings is 3. The molecule has 0 aliphatic carbocycles.